The Balaban J connectivity index is 0.00000144. The van der Waals surface area contributed by atoms with Crippen molar-refractivity contribution in [2.75, 3.05) is 0 Å². The minimum absolute atomic E-state index is 0. The van der Waals surface area contributed by atoms with Gasteiger partial charge in [0.15, 0.2) is 0 Å². The van der Waals surface area contributed by atoms with Gasteiger partial charge in [0.05, 0.1) is 5.56 Å². The lowest BCUT2D eigenvalue weighted by atomic mass is 10.0. The van der Waals surface area contributed by atoms with Crippen LogP contribution in [0.25, 0.3) is 0 Å². The summed E-state index contributed by atoms with van der Waals surface area (Å²) in [6.07, 6.45) is 0. The number of hydrogen-bond donors (Lipinski definition) is 0. The second-order valence-electron chi connectivity index (χ2n) is 3.06. The number of rotatable bonds is 1. The van der Waals surface area contributed by atoms with Crippen LogP contribution in [0.1, 0.15) is 27.0 Å². The van der Waals surface area contributed by atoms with Gasteiger partial charge in [-0.25, -0.2) is 9.90 Å². The van der Waals surface area contributed by atoms with Gasteiger partial charge in [0.2, 0.25) is 0 Å². The molecule has 0 spiro atoms. The molecule has 71 valence electrons. The van der Waals surface area contributed by atoms with Crippen molar-refractivity contribution in [2.45, 2.75) is 20.8 Å². The van der Waals surface area contributed by atoms with Crippen LogP contribution >= 0.6 is 9.90 Å². The van der Waals surface area contributed by atoms with E-state index in [0.717, 1.165) is 16.7 Å². The first-order chi connectivity index (χ1) is 5.52. The maximum atomic E-state index is 10.6. The molecular formula is C10H14O2P. The molecule has 13 heavy (non-hydrogen) atoms. The van der Waals surface area contributed by atoms with E-state index in [1.54, 1.807) is 13.8 Å². The molecule has 0 saturated carbocycles. The van der Waals surface area contributed by atoms with Gasteiger partial charge >= 0.3 is 5.97 Å². The van der Waals surface area contributed by atoms with Crippen LogP contribution < -0.4 is 0 Å². The largest absolute Gasteiger partial charge is 0.386 e. The lowest BCUT2D eigenvalue weighted by molar-refractivity contribution is 0.0571. The van der Waals surface area contributed by atoms with Crippen molar-refractivity contribution in [3.63, 3.8) is 0 Å². The lowest BCUT2D eigenvalue weighted by Gasteiger charge is -2.04. The number of hydrogen-bond acceptors (Lipinski definition) is 1. The summed E-state index contributed by atoms with van der Waals surface area (Å²) < 4.78 is 0. The molecule has 0 aromatic heterocycles. The summed E-state index contributed by atoms with van der Waals surface area (Å²) >= 11 is 0. The van der Waals surface area contributed by atoms with Crippen LogP contribution in [-0.4, -0.2) is 5.97 Å². The first kappa shape index (κ1) is 12.1. The van der Waals surface area contributed by atoms with Gasteiger partial charge in [-0.3, -0.25) is 0 Å². The number of benzene rings is 1. The summed E-state index contributed by atoms with van der Waals surface area (Å²) in [6, 6.07) is 3.69. The van der Waals surface area contributed by atoms with Gasteiger partial charge in [0.25, 0.3) is 0 Å². The summed E-state index contributed by atoms with van der Waals surface area (Å²) in [6.45, 7) is 5.51. The topological polar surface area (TPSA) is 37.0 Å². The van der Waals surface area contributed by atoms with Crippen LogP contribution in [0, 0.1) is 20.8 Å². The molecule has 0 N–H and O–H groups in total. The molecule has 0 heterocycles. The van der Waals surface area contributed by atoms with Crippen LogP contribution in [0.4, 0.5) is 0 Å². The summed E-state index contributed by atoms with van der Waals surface area (Å²) in [4.78, 5) is 10.6. The quantitative estimate of drug-likeness (QED) is 0.636. The molecule has 2 nitrogen and oxygen atoms in total. The minimum Gasteiger partial charge on any atom is -0.241 e. The van der Waals surface area contributed by atoms with Gasteiger partial charge in [0, 0.05) is 0 Å². The van der Waals surface area contributed by atoms with E-state index in [1.165, 1.54) is 0 Å². The van der Waals surface area contributed by atoms with Gasteiger partial charge in [-0.05, 0) is 31.9 Å². The molecule has 1 atom stereocenters. The Kier molecular flexibility index (Phi) is 4.09. The van der Waals surface area contributed by atoms with Crippen molar-refractivity contribution in [2.24, 2.45) is 0 Å². The fourth-order valence-electron chi connectivity index (χ4n) is 1.50. The van der Waals surface area contributed by atoms with Crippen molar-refractivity contribution in [1.29, 1.82) is 0 Å². The minimum atomic E-state index is -1.09. The smallest absolute Gasteiger partial charge is 0.241 e. The third-order valence-electron chi connectivity index (χ3n) is 1.88. The van der Waals surface area contributed by atoms with E-state index in [9.17, 15) is 9.90 Å². The Morgan fingerprint density at radius 1 is 1.08 bits per heavy atom. The van der Waals surface area contributed by atoms with Crippen molar-refractivity contribution < 1.29 is 9.90 Å². The lowest BCUT2D eigenvalue weighted by Crippen LogP contribution is -2.01. The molecule has 0 fully saturated rings. The standard InChI is InChI=1S/C10H11O2.H3P/c1-6-4-7(2)9(10(11)12)8(3)5-6;/h4-5H,1-3H3;1H3. The Morgan fingerprint density at radius 2 is 1.46 bits per heavy atom. The first-order valence-electron chi connectivity index (χ1n) is 3.81. The Hall–Kier alpha value is -0.880. The van der Waals surface area contributed by atoms with E-state index in [-0.39, 0.29) is 9.90 Å². The highest BCUT2D eigenvalue weighted by Gasteiger charge is 2.11. The average molecular weight is 197 g/mol. The molecule has 1 radical (unpaired) electrons. The number of carbonyl (C=O) groups is 1. The van der Waals surface area contributed by atoms with Gasteiger partial charge in [-0.15, -0.1) is 0 Å². The molecule has 0 saturated heterocycles. The van der Waals surface area contributed by atoms with Gasteiger partial charge < -0.3 is 0 Å². The highest BCUT2D eigenvalue weighted by atomic mass is 31.0. The molecular weight excluding hydrogens is 183 g/mol. The zero-order chi connectivity index (χ0) is 9.30. The molecule has 0 bridgehead atoms. The highest BCUT2D eigenvalue weighted by Crippen LogP contribution is 2.15. The predicted octanol–water partition coefficient (Wildman–Crippen LogP) is 2.24. The maximum absolute atomic E-state index is 10.6. The third kappa shape index (κ3) is 2.53. The predicted molar refractivity (Wildman–Crippen MR) is 56.8 cm³/mol. The van der Waals surface area contributed by atoms with Crippen LogP contribution in [0.5, 0.6) is 0 Å². The van der Waals surface area contributed by atoms with Crippen molar-refractivity contribution in [1.82, 2.24) is 0 Å². The van der Waals surface area contributed by atoms with Crippen LogP contribution in [-0.2, 0) is 5.11 Å². The Bertz CT molecular complexity index is 309. The normalized spacial score (nSPS) is 9.15. The molecule has 3 heteroatoms. The summed E-state index contributed by atoms with van der Waals surface area (Å²) in [5, 5.41) is 10.6. The van der Waals surface area contributed by atoms with Crippen molar-refractivity contribution in [3.05, 3.63) is 34.4 Å². The second kappa shape index (κ2) is 4.38. The van der Waals surface area contributed by atoms with Crippen molar-refractivity contribution >= 4 is 15.9 Å². The van der Waals surface area contributed by atoms with Crippen LogP contribution in [0.15, 0.2) is 12.1 Å². The molecule has 0 aliphatic carbocycles. The SMILES string of the molecule is Cc1cc(C)c(C([O])=O)c(C)c1.P. The molecule has 1 aromatic carbocycles. The zero-order valence-corrected chi connectivity index (χ0v) is 9.59. The van der Waals surface area contributed by atoms with Gasteiger partial charge in [0.1, 0.15) is 0 Å². The fraction of sp³-hybridized carbons (Fsp3) is 0.300. The Labute approximate surface area is 81.6 Å². The summed E-state index contributed by atoms with van der Waals surface area (Å²) in [7, 11) is 0. The fourth-order valence-corrected chi connectivity index (χ4v) is 1.50. The van der Waals surface area contributed by atoms with Crippen LogP contribution in [0.3, 0.4) is 0 Å². The first-order valence-corrected chi connectivity index (χ1v) is 3.81. The molecule has 1 rings (SSSR count). The molecule has 1 unspecified atom stereocenters. The van der Waals surface area contributed by atoms with E-state index in [0.29, 0.717) is 5.56 Å². The van der Waals surface area contributed by atoms with Crippen molar-refractivity contribution in [3.8, 4) is 0 Å². The van der Waals surface area contributed by atoms with Crippen LogP contribution in [0.2, 0.25) is 0 Å². The van der Waals surface area contributed by atoms with E-state index in [1.807, 2.05) is 19.1 Å². The van der Waals surface area contributed by atoms with E-state index in [4.69, 9.17) is 0 Å². The van der Waals surface area contributed by atoms with E-state index < -0.39 is 5.97 Å². The number of aryl methyl sites for hydroxylation is 3. The molecule has 0 aliphatic heterocycles. The van der Waals surface area contributed by atoms with Gasteiger partial charge in [-0.1, -0.05) is 17.7 Å². The summed E-state index contributed by atoms with van der Waals surface area (Å²) in [5.74, 6) is -1.09. The zero-order valence-electron chi connectivity index (χ0n) is 8.18. The molecule has 0 amide bonds. The average Bonchev–Trinajstić information content (AvgIpc) is 1.82. The monoisotopic (exact) mass is 197 g/mol. The third-order valence-corrected chi connectivity index (χ3v) is 1.88. The highest BCUT2D eigenvalue weighted by molar-refractivity contribution is 6.92. The van der Waals surface area contributed by atoms with E-state index >= 15 is 0 Å². The summed E-state index contributed by atoms with van der Waals surface area (Å²) in [5.41, 5.74) is 2.94. The second-order valence-corrected chi connectivity index (χ2v) is 3.06. The molecule has 1 aromatic rings. The maximum Gasteiger partial charge on any atom is 0.386 e. The van der Waals surface area contributed by atoms with Gasteiger partial charge in [-0.2, -0.15) is 9.90 Å². The van der Waals surface area contributed by atoms with E-state index in [2.05, 4.69) is 0 Å². The Morgan fingerprint density at radius 3 is 1.77 bits per heavy atom. The number of carbonyl (C=O) groups excluding carboxylic acids is 1. The molecule has 0 aliphatic rings.